The summed E-state index contributed by atoms with van der Waals surface area (Å²) in [7, 11) is 0. The fourth-order valence-electron chi connectivity index (χ4n) is 2.06. The van der Waals surface area contributed by atoms with Gasteiger partial charge in [0.05, 0.1) is 0 Å². The van der Waals surface area contributed by atoms with Crippen molar-refractivity contribution in [3.05, 3.63) is 59.2 Å². The van der Waals surface area contributed by atoms with Gasteiger partial charge in [0.1, 0.15) is 0 Å². The normalized spacial score (nSPS) is 10.4. The Labute approximate surface area is 97.9 Å². The molecular weight excluding hydrogens is 192 g/mol. The predicted octanol–water partition coefficient (Wildman–Crippen LogP) is 4.53. The van der Waals surface area contributed by atoms with E-state index in [9.17, 15) is 0 Å². The molecule has 0 fully saturated rings. The first-order valence-corrected chi connectivity index (χ1v) is 5.87. The van der Waals surface area contributed by atoms with Crippen LogP contribution in [0.5, 0.6) is 0 Å². The maximum atomic E-state index is 2.31. The van der Waals surface area contributed by atoms with Crippen LogP contribution in [0.4, 0.5) is 0 Å². The first-order chi connectivity index (χ1) is 7.70. The van der Waals surface area contributed by atoms with Crippen LogP contribution in [0.15, 0.2) is 42.5 Å². The number of aryl methyl sites for hydroxylation is 3. The van der Waals surface area contributed by atoms with Gasteiger partial charge in [0.25, 0.3) is 0 Å². The summed E-state index contributed by atoms with van der Waals surface area (Å²) in [6.45, 7) is 6.53. The molecule has 0 radical (unpaired) electrons. The summed E-state index contributed by atoms with van der Waals surface area (Å²) in [5, 5.41) is 0. The highest BCUT2D eigenvalue weighted by molar-refractivity contribution is 5.65. The molecule has 0 heteroatoms. The largest absolute Gasteiger partial charge is 0.0614 e. The molecular formula is C16H18. The lowest BCUT2D eigenvalue weighted by Crippen LogP contribution is -1.88. The molecule has 0 saturated carbocycles. The quantitative estimate of drug-likeness (QED) is 0.683. The van der Waals surface area contributed by atoms with Crippen molar-refractivity contribution >= 4 is 0 Å². The van der Waals surface area contributed by atoms with Crippen molar-refractivity contribution in [3.8, 4) is 11.1 Å². The first-order valence-electron chi connectivity index (χ1n) is 5.87. The average Bonchev–Trinajstić information content (AvgIpc) is 2.29. The van der Waals surface area contributed by atoms with Crippen LogP contribution in [0.25, 0.3) is 11.1 Å². The maximum Gasteiger partial charge on any atom is -0.0181 e. The Bertz CT molecular complexity index is 495. The lowest BCUT2D eigenvalue weighted by molar-refractivity contribution is 1.11. The van der Waals surface area contributed by atoms with Gasteiger partial charge >= 0.3 is 0 Å². The fourth-order valence-corrected chi connectivity index (χ4v) is 2.06. The molecule has 0 aliphatic heterocycles. The Morgan fingerprint density at radius 3 is 2.31 bits per heavy atom. The van der Waals surface area contributed by atoms with Gasteiger partial charge in [-0.3, -0.25) is 0 Å². The van der Waals surface area contributed by atoms with Crippen LogP contribution in [-0.4, -0.2) is 0 Å². The van der Waals surface area contributed by atoms with E-state index in [1.165, 1.54) is 27.8 Å². The van der Waals surface area contributed by atoms with E-state index in [4.69, 9.17) is 0 Å². The minimum absolute atomic E-state index is 1.10. The lowest BCUT2D eigenvalue weighted by atomic mass is 9.98. The second-order valence-electron chi connectivity index (χ2n) is 4.36. The van der Waals surface area contributed by atoms with Gasteiger partial charge in [-0.1, -0.05) is 55.0 Å². The number of hydrogen-bond donors (Lipinski definition) is 0. The van der Waals surface area contributed by atoms with Gasteiger partial charge in [0, 0.05) is 0 Å². The van der Waals surface area contributed by atoms with E-state index in [1.807, 2.05) is 0 Å². The van der Waals surface area contributed by atoms with Crippen LogP contribution >= 0.6 is 0 Å². The zero-order valence-electron chi connectivity index (χ0n) is 10.2. The molecule has 2 aromatic carbocycles. The van der Waals surface area contributed by atoms with Crippen molar-refractivity contribution in [1.82, 2.24) is 0 Å². The van der Waals surface area contributed by atoms with E-state index in [0.717, 1.165) is 6.42 Å². The van der Waals surface area contributed by atoms with Crippen molar-refractivity contribution in [2.24, 2.45) is 0 Å². The molecule has 0 N–H and O–H groups in total. The van der Waals surface area contributed by atoms with Crippen molar-refractivity contribution in [1.29, 1.82) is 0 Å². The fraction of sp³-hybridized carbons (Fsp3) is 0.250. The highest BCUT2D eigenvalue weighted by Gasteiger charge is 2.01. The topological polar surface area (TPSA) is 0 Å². The molecule has 0 unspecified atom stereocenters. The van der Waals surface area contributed by atoms with Crippen LogP contribution in [0, 0.1) is 13.8 Å². The smallest absolute Gasteiger partial charge is 0.0181 e. The summed E-state index contributed by atoms with van der Waals surface area (Å²) < 4.78 is 0. The minimum Gasteiger partial charge on any atom is -0.0614 e. The molecule has 0 aromatic heterocycles. The van der Waals surface area contributed by atoms with Gasteiger partial charge in [0.2, 0.25) is 0 Å². The van der Waals surface area contributed by atoms with Gasteiger partial charge in [-0.05, 0) is 42.5 Å². The number of benzene rings is 2. The molecule has 82 valence electrons. The molecule has 2 aromatic rings. The summed E-state index contributed by atoms with van der Waals surface area (Å²) in [5.74, 6) is 0. The average molecular weight is 210 g/mol. The van der Waals surface area contributed by atoms with Crippen molar-refractivity contribution in [3.63, 3.8) is 0 Å². The first kappa shape index (κ1) is 10.9. The van der Waals surface area contributed by atoms with Crippen LogP contribution in [0.3, 0.4) is 0 Å². The molecule has 0 aliphatic carbocycles. The second-order valence-corrected chi connectivity index (χ2v) is 4.36. The third kappa shape index (κ3) is 2.16. The van der Waals surface area contributed by atoms with E-state index < -0.39 is 0 Å². The summed E-state index contributed by atoms with van der Waals surface area (Å²) in [5.41, 5.74) is 6.79. The summed E-state index contributed by atoms with van der Waals surface area (Å²) in [6, 6.07) is 15.4. The molecule has 0 spiro atoms. The van der Waals surface area contributed by atoms with Crippen LogP contribution in [-0.2, 0) is 6.42 Å². The predicted molar refractivity (Wildman–Crippen MR) is 70.7 cm³/mol. The molecule has 0 aliphatic rings. The molecule has 16 heavy (non-hydrogen) atoms. The van der Waals surface area contributed by atoms with Crippen molar-refractivity contribution in [2.45, 2.75) is 27.2 Å². The van der Waals surface area contributed by atoms with Gasteiger partial charge < -0.3 is 0 Å². The third-order valence-electron chi connectivity index (χ3n) is 3.08. The van der Waals surface area contributed by atoms with Crippen LogP contribution < -0.4 is 0 Å². The number of rotatable bonds is 2. The Morgan fingerprint density at radius 1 is 0.875 bits per heavy atom. The molecule has 0 bridgehead atoms. The minimum atomic E-state index is 1.10. The second kappa shape index (κ2) is 4.52. The standard InChI is InChI=1S/C16H18/c1-4-14-11-16(9-8-13(14)3)15-7-5-6-12(2)10-15/h5-11H,4H2,1-3H3. The zero-order valence-corrected chi connectivity index (χ0v) is 10.2. The monoisotopic (exact) mass is 210 g/mol. The summed E-state index contributed by atoms with van der Waals surface area (Å²) in [6.07, 6.45) is 1.10. The van der Waals surface area contributed by atoms with Crippen molar-refractivity contribution in [2.75, 3.05) is 0 Å². The Balaban J connectivity index is 2.48. The summed E-state index contributed by atoms with van der Waals surface area (Å²) >= 11 is 0. The van der Waals surface area contributed by atoms with Gasteiger partial charge in [-0.15, -0.1) is 0 Å². The highest BCUT2D eigenvalue weighted by atomic mass is 14.1. The van der Waals surface area contributed by atoms with E-state index in [-0.39, 0.29) is 0 Å². The van der Waals surface area contributed by atoms with Gasteiger partial charge in [-0.2, -0.15) is 0 Å². The SMILES string of the molecule is CCc1cc(-c2cccc(C)c2)ccc1C. The highest BCUT2D eigenvalue weighted by Crippen LogP contribution is 2.23. The van der Waals surface area contributed by atoms with E-state index in [2.05, 4.69) is 63.2 Å². The molecule has 0 atom stereocenters. The molecule has 0 heterocycles. The lowest BCUT2D eigenvalue weighted by Gasteiger charge is -2.08. The molecule has 0 saturated heterocycles. The third-order valence-corrected chi connectivity index (χ3v) is 3.08. The Morgan fingerprint density at radius 2 is 1.62 bits per heavy atom. The van der Waals surface area contributed by atoms with Crippen LogP contribution in [0.2, 0.25) is 0 Å². The zero-order chi connectivity index (χ0) is 11.5. The summed E-state index contributed by atoms with van der Waals surface area (Å²) in [4.78, 5) is 0. The molecule has 0 amide bonds. The van der Waals surface area contributed by atoms with Gasteiger partial charge in [-0.25, -0.2) is 0 Å². The molecule has 2 rings (SSSR count). The maximum absolute atomic E-state index is 2.31. The van der Waals surface area contributed by atoms with E-state index >= 15 is 0 Å². The van der Waals surface area contributed by atoms with Gasteiger partial charge in [0.15, 0.2) is 0 Å². The van der Waals surface area contributed by atoms with Crippen molar-refractivity contribution < 1.29 is 0 Å². The Hall–Kier alpha value is -1.56. The molecule has 0 nitrogen and oxygen atoms in total. The van der Waals surface area contributed by atoms with E-state index in [1.54, 1.807) is 0 Å². The number of hydrogen-bond acceptors (Lipinski definition) is 0. The van der Waals surface area contributed by atoms with Crippen LogP contribution in [0.1, 0.15) is 23.6 Å². The Kier molecular flexibility index (Phi) is 3.09. The van der Waals surface area contributed by atoms with E-state index in [0.29, 0.717) is 0 Å².